The second-order valence-electron chi connectivity index (χ2n) is 2.41. The van der Waals surface area contributed by atoms with Crippen molar-refractivity contribution in [1.29, 1.82) is 10.5 Å². The summed E-state index contributed by atoms with van der Waals surface area (Å²) in [4.78, 5) is 0. The van der Waals surface area contributed by atoms with Gasteiger partial charge in [0.05, 0.1) is 18.1 Å². The van der Waals surface area contributed by atoms with Gasteiger partial charge in [-0.1, -0.05) is 0 Å². The predicted molar refractivity (Wildman–Crippen MR) is 42.1 cm³/mol. The number of halogens is 1. The number of hydrogen-bond donors (Lipinski definition) is 1. The molecule has 0 aromatic heterocycles. The van der Waals surface area contributed by atoms with Crippen LogP contribution >= 0.6 is 0 Å². The van der Waals surface area contributed by atoms with E-state index in [2.05, 4.69) is 0 Å². The van der Waals surface area contributed by atoms with Crippen LogP contribution in [0.5, 0.6) is 5.75 Å². The van der Waals surface area contributed by atoms with Crippen molar-refractivity contribution in [2.75, 3.05) is 0 Å². The fourth-order valence-corrected chi connectivity index (χ4v) is 0.998. The SMILES string of the molecule is N#CCc1cc(O)cc(F)c1C#N. The Bertz CT molecular complexity index is 415. The normalized spacial score (nSPS) is 8.85. The van der Waals surface area contributed by atoms with Crippen LogP contribution in [0.2, 0.25) is 0 Å². The van der Waals surface area contributed by atoms with E-state index < -0.39 is 5.82 Å². The van der Waals surface area contributed by atoms with E-state index in [-0.39, 0.29) is 23.3 Å². The van der Waals surface area contributed by atoms with Crippen LogP contribution in [-0.2, 0) is 6.42 Å². The number of phenolic OH excluding ortho intramolecular Hbond substituents is 1. The van der Waals surface area contributed by atoms with E-state index in [1.54, 1.807) is 12.1 Å². The number of hydrogen-bond acceptors (Lipinski definition) is 3. The molecule has 0 fully saturated rings. The molecule has 0 unspecified atom stereocenters. The topological polar surface area (TPSA) is 67.8 Å². The minimum Gasteiger partial charge on any atom is -0.508 e. The van der Waals surface area contributed by atoms with Gasteiger partial charge in [0.15, 0.2) is 0 Å². The van der Waals surface area contributed by atoms with Crippen molar-refractivity contribution in [2.45, 2.75) is 6.42 Å². The van der Waals surface area contributed by atoms with Crippen molar-refractivity contribution >= 4 is 0 Å². The van der Waals surface area contributed by atoms with E-state index in [1.807, 2.05) is 0 Å². The lowest BCUT2D eigenvalue weighted by atomic mass is 10.1. The Morgan fingerprint density at radius 3 is 2.62 bits per heavy atom. The number of aromatic hydroxyl groups is 1. The summed E-state index contributed by atoms with van der Waals surface area (Å²) >= 11 is 0. The Hall–Kier alpha value is -2.07. The average Bonchev–Trinajstić information content (AvgIpc) is 2.04. The molecule has 0 atom stereocenters. The lowest BCUT2D eigenvalue weighted by molar-refractivity contribution is 0.468. The summed E-state index contributed by atoms with van der Waals surface area (Å²) < 4.78 is 12.9. The lowest BCUT2D eigenvalue weighted by Crippen LogP contribution is -1.92. The van der Waals surface area contributed by atoms with Gasteiger partial charge in [0.2, 0.25) is 0 Å². The number of benzene rings is 1. The van der Waals surface area contributed by atoms with Gasteiger partial charge in [-0.2, -0.15) is 10.5 Å². The van der Waals surface area contributed by atoms with Crippen molar-refractivity contribution in [3.63, 3.8) is 0 Å². The van der Waals surface area contributed by atoms with Crippen LogP contribution in [-0.4, -0.2) is 5.11 Å². The van der Waals surface area contributed by atoms with Crippen molar-refractivity contribution in [3.05, 3.63) is 29.1 Å². The van der Waals surface area contributed by atoms with Gasteiger partial charge in [-0.3, -0.25) is 0 Å². The Balaban J connectivity index is 3.33. The zero-order chi connectivity index (χ0) is 9.84. The van der Waals surface area contributed by atoms with Crippen LogP contribution in [0.15, 0.2) is 12.1 Å². The summed E-state index contributed by atoms with van der Waals surface area (Å²) in [5.74, 6) is -1.07. The molecule has 0 saturated carbocycles. The van der Waals surface area contributed by atoms with Crippen molar-refractivity contribution in [2.24, 2.45) is 0 Å². The highest BCUT2D eigenvalue weighted by Gasteiger charge is 2.09. The highest BCUT2D eigenvalue weighted by molar-refractivity contribution is 5.44. The second-order valence-corrected chi connectivity index (χ2v) is 2.41. The molecular formula is C9H5FN2O. The molecule has 1 N–H and O–H groups in total. The third-order valence-electron chi connectivity index (χ3n) is 1.54. The van der Waals surface area contributed by atoms with E-state index in [4.69, 9.17) is 15.6 Å². The van der Waals surface area contributed by atoms with E-state index in [9.17, 15) is 4.39 Å². The Kier molecular flexibility index (Phi) is 2.47. The molecule has 1 aromatic carbocycles. The molecule has 0 aliphatic carbocycles. The molecule has 0 bridgehead atoms. The molecule has 0 radical (unpaired) electrons. The van der Waals surface area contributed by atoms with Crippen LogP contribution in [0.4, 0.5) is 4.39 Å². The molecule has 0 saturated heterocycles. The van der Waals surface area contributed by atoms with Gasteiger partial charge in [-0.05, 0) is 11.6 Å². The van der Waals surface area contributed by atoms with Crippen molar-refractivity contribution in [1.82, 2.24) is 0 Å². The maximum atomic E-state index is 12.9. The molecule has 0 aliphatic rings. The Morgan fingerprint density at radius 2 is 2.08 bits per heavy atom. The summed E-state index contributed by atoms with van der Waals surface area (Å²) in [5, 5.41) is 25.9. The van der Waals surface area contributed by atoms with Gasteiger partial charge >= 0.3 is 0 Å². The van der Waals surface area contributed by atoms with Crippen molar-refractivity contribution in [3.8, 4) is 17.9 Å². The molecular weight excluding hydrogens is 171 g/mol. The third kappa shape index (κ3) is 1.74. The summed E-state index contributed by atoms with van der Waals surface area (Å²) in [7, 11) is 0. The zero-order valence-corrected chi connectivity index (χ0v) is 6.58. The standard InChI is InChI=1S/C9H5FN2O/c10-9-4-7(13)3-6(1-2-11)8(9)5-12/h3-4,13H,1H2. The summed E-state index contributed by atoms with van der Waals surface area (Å²) in [6.07, 6.45) is -0.0891. The van der Waals surface area contributed by atoms with E-state index in [1.165, 1.54) is 6.07 Å². The van der Waals surface area contributed by atoms with E-state index >= 15 is 0 Å². The first kappa shape index (κ1) is 9.02. The molecule has 13 heavy (non-hydrogen) atoms. The predicted octanol–water partition coefficient (Wildman–Crippen LogP) is 1.47. The molecule has 4 heteroatoms. The molecule has 64 valence electrons. The molecule has 1 aromatic rings. The molecule has 0 spiro atoms. The van der Waals surface area contributed by atoms with Crippen LogP contribution < -0.4 is 0 Å². The van der Waals surface area contributed by atoms with Crippen molar-refractivity contribution < 1.29 is 9.50 Å². The zero-order valence-electron chi connectivity index (χ0n) is 6.58. The quantitative estimate of drug-likeness (QED) is 0.704. The van der Waals surface area contributed by atoms with Gasteiger partial charge in [-0.25, -0.2) is 4.39 Å². The maximum Gasteiger partial charge on any atom is 0.144 e. The first-order valence-electron chi connectivity index (χ1n) is 3.47. The molecule has 0 amide bonds. The summed E-state index contributed by atoms with van der Waals surface area (Å²) in [5.41, 5.74) is 0.0295. The summed E-state index contributed by atoms with van der Waals surface area (Å²) in [6, 6.07) is 5.48. The first-order chi connectivity index (χ1) is 6.19. The highest BCUT2D eigenvalue weighted by Crippen LogP contribution is 2.20. The highest BCUT2D eigenvalue weighted by atomic mass is 19.1. The average molecular weight is 176 g/mol. The van der Waals surface area contributed by atoms with Crippen LogP contribution in [0.25, 0.3) is 0 Å². The van der Waals surface area contributed by atoms with Gasteiger partial charge in [0.1, 0.15) is 17.6 Å². The monoisotopic (exact) mass is 176 g/mol. The van der Waals surface area contributed by atoms with Gasteiger partial charge in [0, 0.05) is 6.07 Å². The lowest BCUT2D eigenvalue weighted by Gasteiger charge is -2.00. The first-order valence-corrected chi connectivity index (χ1v) is 3.47. The van der Waals surface area contributed by atoms with Crippen LogP contribution in [0, 0.1) is 28.5 Å². The number of phenols is 1. The fourth-order valence-electron chi connectivity index (χ4n) is 0.998. The number of nitrogens with zero attached hydrogens (tertiary/aromatic N) is 2. The maximum absolute atomic E-state index is 12.9. The summed E-state index contributed by atoms with van der Waals surface area (Å²) in [6.45, 7) is 0. The molecule has 3 nitrogen and oxygen atoms in total. The smallest absolute Gasteiger partial charge is 0.144 e. The molecule has 0 aliphatic heterocycles. The molecule has 0 heterocycles. The van der Waals surface area contributed by atoms with Gasteiger partial charge < -0.3 is 5.11 Å². The molecule has 1 rings (SSSR count). The Labute approximate surface area is 74.3 Å². The van der Waals surface area contributed by atoms with E-state index in [0.29, 0.717) is 0 Å². The minimum absolute atomic E-state index is 0.0891. The van der Waals surface area contributed by atoms with E-state index in [0.717, 1.165) is 6.07 Å². The second kappa shape index (κ2) is 3.55. The fraction of sp³-hybridized carbons (Fsp3) is 0.111. The number of rotatable bonds is 1. The van der Waals surface area contributed by atoms with Gasteiger partial charge in [0.25, 0.3) is 0 Å². The van der Waals surface area contributed by atoms with Crippen LogP contribution in [0.1, 0.15) is 11.1 Å². The van der Waals surface area contributed by atoms with Gasteiger partial charge in [-0.15, -0.1) is 0 Å². The van der Waals surface area contributed by atoms with Crippen LogP contribution in [0.3, 0.4) is 0 Å². The largest absolute Gasteiger partial charge is 0.508 e. The third-order valence-corrected chi connectivity index (χ3v) is 1.54. The number of nitriles is 2. The Morgan fingerprint density at radius 1 is 1.38 bits per heavy atom. The minimum atomic E-state index is -0.798.